The Labute approximate surface area is 112 Å². The molecule has 1 aromatic rings. The first-order valence-corrected chi connectivity index (χ1v) is 6.19. The van der Waals surface area contributed by atoms with Gasteiger partial charge in [0, 0.05) is 10.0 Å². The van der Waals surface area contributed by atoms with E-state index >= 15 is 0 Å². The fourth-order valence-electron chi connectivity index (χ4n) is 2.24. The van der Waals surface area contributed by atoms with Gasteiger partial charge in [-0.25, -0.2) is 9.18 Å². The van der Waals surface area contributed by atoms with E-state index in [2.05, 4.69) is 20.9 Å². The number of aromatic hydroxyl groups is 1. The highest BCUT2D eigenvalue weighted by molar-refractivity contribution is 9.10. The largest absolute Gasteiger partial charge is 0.502 e. The number of carbonyl (C=O) groups excluding carboxylic acids is 1. The van der Waals surface area contributed by atoms with Crippen molar-refractivity contribution >= 4 is 22.0 Å². The normalized spacial score (nSPS) is 16.6. The summed E-state index contributed by atoms with van der Waals surface area (Å²) in [4.78, 5) is 14.4. The second-order valence-corrected chi connectivity index (χ2v) is 5.04. The molecule has 1 saturated carbocycles. The van der Waals surface area contributed by atoms with E-state index in [4.69, 9.17) is 4.74 Å². The smallest absolute Gasteiger partial charge is 0.235 e. The Kier molecular flexibility index (Phi) is 3.41. The quantitative estimate of drug-likeness (QED) is 0.689. The van der Waals surface area contributed by atoms with Crippen molar-refractivity contribution in [1.29, 1.82) is 0 Å². The van der Waals surface area contributed by atoms with Gasteiger partial charge in [-0.1, -0.05) is 15.9 Å². The molecule has 1 aromatic carbocycles. The van der Waals surface area contributed by atoms with E-state index in [-0.39, 0.29) is 5.75 Å². The van der Waals surface area contributed by atoms with Crippen molar-refractivity contribution in [3.05, 3.63) is 21.9 Å². The molecule has 0 aromatic heterocycles. The van der Waals surface area contributed by atoms with E-state index in [0.29, 0.717) is 22.9 Å². The third kappa shape index (κ3) is 1.82. The molecule has 18 heavy (non-hydrogen) atoms. The third-order valence-corrected chi connectivity index (χ3v) is 3.90. The molecule has 0 unspecified atom stereocenters. The summed E-state index contributed by atoms with van der Waals surface area (Å²) in [7, 11) is 1.33. The molecule has 1 N–H and O–H groups in total. The molecule has 96 valence electrons. The maximum atomic E-state index is 13.4. The van der Waals surface area contributed by atoms with Crippen LogP contribution in [0.4, 0.5) is 4.39 Å². The lowest BCUT2D eigenvalue weighted by atomic mass is 9.72. The minimum Gasteiger partial charge on any atom is -0.502 e. The number of phenolic OH excluding ortho intramolecular Hbond substituents is 1. The number of hydrogen-bond donors (Lipinski definition) is 1. The van der Waals surface area contributed by atoms with Crippen LogP contribution < -0.4 is 4.74 Å². The van der Waals surface area contributed by atoms with Crippen LogP contribution in [0.25, 0.3) is 0 Å². The summed E-state index contributed by atoms with van der Waals surface area (Å²) in [6.07, 6.45) is 3.73. The summed E-state index contributed by atoms with van der Waals surface area (Å²) < 4.78 is 18.9. The number of isocyanates is 1. The van der Waals surface area contributed by atoms with E-state index in [0.717, 1.165) is 12.5 Å². The molecule has 0 aliphatic heterocycles. The molecule has 0 saturated heterocycles. The number of benzene rings is 1. The van der Waals surface area contributed by atoms with Crippen LogP contribution in [0.1, 0.15) is 24.8 Å². The van der Waals surface area contributed by atoms with Crippen molar-refractivity contribution in [2.75, 3.05) is 7.11 Å². The Morgan fingerprint density at radius 2 is 2.28 bits per heavy atom. The highest BCUT2D eigenvalue weighted by atomic mass is 79.9. The summed E-state index contributed by atoms with van der Waals surface area (Å²) in [5.74, 6) is -1.34. The summed E-state index contributed by atoms with van der Waals surface area (Å²) in [6, 6.07) is 1.15. The lowest BCUT2D eigenvalue weighted by Crippen LogP contribution is -2.33. The summed E-state index contributed by atoms with van der Waals surface area (Å²) >= 11 is 3.23. The van der Waals surface area contributed by atoms with Crippen LogP contribution in [0.5, 0.6) is 11.5 Å². The van der Waals surface area contributed by atoms with E-state index in [1.165, 1.54) is 7.11 Å². The van der Waals surface area contributed by atoms with Gasteiger partial charge < -0.3 is 9.84 Å². The number of ether oxygens (including phenoxy) is 1. The molecular weight excluding hydrogens is 305 g/mol. The van der Waals surface area contributed by atoms with Crippen molar-refractivity contribution in [2.45, 2.75) is 24.8 Å². The standard InChI is InChI=1S/C12H11BrFNO3/c1-18-11-9(7(13)5-8(14)10(11)17)12(15-6-16)3-2-4-12/h5,17H,2-4H2,1H3. The van der Waals surface area contributed by atoms with Gasteiger partial charge in [0.15, 0.2) is 17.3 Å². The number of halogens is 2. The molecule has 0 heterocycles. The Balaban J connectivity index is 2.70. The topological polar surface area (TPSA) is 58.9 Å². The van der Waals surface area contributed by atoms with Crippen molar-refractivity contribution in [3.8, 4) is 11.5 Å². The zero-order valence-corrected chi connectivity index (χ0v) is 11.3. The Morgan fingerprint density at radius 1 is 1.61 bits per heavy atom. The number of phenols is 1. The molecule has 1 aliphatic rings. The van der Waals surface area contributed by atoms with Crippen LogP contribution in [0, 0.1) is 5.82 Å². The fraction of sp³-hybridized carbons (Fsp3) is 0.417. The van der Waals surface area contributed by atoms with Gasteiger partial charge in [0.1, 0.15) is 5.54 Å². The Hall–Kier alpha value is -1.39. The fourth-order valence-corrected chi connectivity index (χ4v) is 2.99. The van der Waals surface area contributed by atoms with Gasteiger partial charge in [-0.15, -0.1) is 0 Å². The van der Waals surface area contributed by atoms with Crippen molar-refractivity contribution in [1.82, 2.24) is 0 Å². The first-order chi connectivity index (χ1) is 8.55. The van der Waals surface area contributed by atoms with E-state index < -0.39 is 17.1 Å². The highest BCUT2D eigenvalue weighted by Gasteiger charge is 2.43. The molecule has 0 atom stereocenters. The van der Waals surface area contributed by atoms with Crippen LogP contribution in [-0.2, 0) is 10.3 Å². The van der Waals surface area contributed by atoms with Crippen LogP contribution in [0.3, 0.4) is 0 Å². The predicted molar refractivity (Wildman–Crippen MR) is 66.0 cm³/mol. The second kappa shape index (κ2) is 4.71. The first-order valence-electron chi connectivity index (χ1n) is 5.40. The molecule has 1 aliphatic carbocycles. The van der Waals surface area contributed by atoms with Crippen molar-refractivity contribution in [2.24, 2.45) is 4.99 Å². The van der Waals surface area contributed by atoms with Gasteiger partial charge in [-0.05, 0) is 25.3 Å². The molecular formula is C12H11BrFNO3. The minimum atomic E-state index is -0.785. The Morgan fingerprint density at radius 3 is 2.72 bits per heavy atom. The van der Waals surface area contributed by atoms with Crippen LogP contribution in [-0.4, -0.2) is 18.3 Å². The maximum Gasteiger partial charge on any atom is 0.235 e. The summed E-state index contributed by atoms with van der Waals surface area (Å²) in [5, 5.41) is 9.69. The number of hydrogen-bond acceptors (Lipinski definition) is 4. The molecule has 2 rings (SSSR count). The summed E-state index contributed by atoms with van der Waals surface area (Å²) in [5.41, 5.74) is -0.268. The van der Waals surface area contributed by atoms with Crippen LogP contribution >= 0.6 is 15.9 Å². The maximum absolute atomic E-state index is 13.4. The molecule has 6 heteroatoms. The lowest BCUT2D eigenvalue weighted by Gasteiger charge is -2.38. The highest BCUT2D eigenvalue weighted by Crippen LogP contribution is 2.53. The number of aliphatic imine (C=N–C) groups is 1. The molecule has 0 amide bonds. The van der Waals surface area contributed by atoms with Gasteiger partial charge in [0.05, 0.1) is 7.11 Å². The Bertz CT molecular complexity index is 537. The minimum absolute atomic E-state index is 0.0144. The van der Waals surface area contributed by atoms with Gasteiger partial charge >= 0.3 is 0 Å². The van der Waals surface area contributed by atoms with Gasteiger partial charge in [0.2, 0.25) is 6.08 Å². The lowest BCUT2D eigenvalue weighted by molar-refractivity contribution is 0.240. The molecule has 1 fully saturated rings. The molecule has 0 radical (unpaired) electrons. The second-order valence-electron chi connectivity index (χ2n) is 4.19. The van der Waals surface area contributed by atoms with E-state index in [9.17, 15) is 14.3 Å². The zero-order valence-electron chi connectivity index (χ0n) is 9.67. The predicted octanol–water partition coefficient (Wildman–Crippen LogP) is 3.02. The van der Waals surface area contributed by atoms with Crippen molar-refractivity contribution < 1.29 is 19.0 Å². The van der Waals surface area contributed by atoms with E-state index in [1.807, 2.05) is 0 Å². The SMILES string of the molecule is COc1c(O)c(F)cc(Br)c1C1(N=C=O)CCC1. The number of rotatable bonds is 3. The van der Waals surface area contributed by atoms with Gasteiger partial charge in [-0.3, -0.25) is 0 Å². The third-order valence-electron chi connectivity index (χ3n) is 3.27. The first kappa shape index (κ1) is 13.1. The van der Waals surface area contributed by atoms with Gasteiger partial charge in [-0.2, -0.15) is 4.99 Å². The van der Waals surface area contributed by atoms with E-state index in [1.54, 1.807) is 6.08 Å². The van der Waals surface area contributed by atoms with Crippen LogP contribution in [0.15, 0.2) is 15.5 Å². The number of nitrogens with zero attached hydrogens (tertiary/aromatic N) is 1. The molecule has 4 nitrogen and oxygen atoms in total. The molecule has 0 spiro atoms. The van der Waals surface area contributed by atoms with Crippen molar-refractivity contribution in [3.63, 3.8) is 0 Å². The molecule has 0 bridgehead atoms. The summed E-state index contributed by atoms with van der Waals surface area (Å²) in [6.45, 7) is 0. The average molecular weight is 316 g/mol. The van der Waals surface area contributed by atoms with Crippen LogP contribution in [0.2, 0.25) is 0 Å². The van der Waals surface area contributed by atoms with Gasteiger partial charge in [0.25, 0.3) is 0 Å². The zero-order chi connectivity index (χ0) is 13.3. The average Bonchev–Trinajstić information content (AvgIpc) is 2.29. The number of methoxy groups -OCH3 is 1. The monoisotopic (exact) mass is 315 g/mol.